The monoisotopic (exact) mass is 438 g/mol. The Hall–Kier alpha value is -3.64. The molecule has 1 saturated heterocycles. The van der Waals surface area contributed by atoms with Crippen LogP contribution in [0.5, 0.6) is 0 Å². The molecule has 6 nitrogen and oxygen atoms in total. The van der Waals surface area contributed by atoms with Crippen LogP contribution >= 0.6 is 0 Å². The maximum atomic E-state index is 12.7. The van der Waals surface area contributed by atoms with Crippen LogP contribution < -0.4 is 11.0 Å². The molecule has 1 aromatic heterocycles. The van der Waals surface area contributed by atoms with E-state index in [1.54, 1.807) is 0 Å². The summed E-state index contributed by atoms with van der Waals surface area (Å²) >= 11 is 0. The van der Waals surface area contributed by atoms with Crippen molar-refractivity contribution in [2.45, 2.75) is 25.3 Å². The highest BCUT2D eigenvalue weighted by Gasteiger charge is 2.25. The Morgan fingerprint density at radius 1 is 0.939 bits per heavy atom. The number of H-pyrrole nitrogens is 1. The van der Waals surface area contributed by atoms with Gasteiger partial charge in [0.05, 0.1) is 17.6 Å². The highest BCUT2D eigenvalue weighted by atomic mass is 16.2. The Morgan fingerprint density at radius 2 is 1.70 bits per heavy atom. The van der Waals surface area contributed by atoms with Gasteiger partial charge < -0.3 is 10.3 Å². The Balaban J connectivity index is 1.08. The lowest BCUT2D eigenvalue weighted by Crippen LogP contribution is -2.41. The average Bonchev–Trinajstić information content (AvgIpc) is 3.36. The van der Waals surface area contributed by atoms with Crippen LogP contribution in [0.3, 0.4) is 0 Å². The lowest BCUT2D eigenvalue weighted by molar-refractivity contribution is -0.117. The number of imidazole rings is 1. The quantitative estimate of drug-likeness (QED) is 0.442. The topological polar surface area (TPSA) is 70.1 Å². The number of anilines is 1. The molecule has 0 atom stereocenters. The molecule has 3 aromatic carbocycles. The number of fused-ring (bicyclic) bond motifs is 4. The van der Waals surface area contributed by atoms with Crippen LogP contribution in [-0.2, 0) is 11.2 Å². The molecule has 6 rings (SSSR count). The van der Waals surface area contributed by atoms with E-state index in [0.717, 1.165) is 49.1 Å². The van der Waals surface area contributed by atoms with E-state index >= 15 is 0 Å². The fraction of sp³-hybridized carbons (Fsp3) is 0.259. The number of aromatic amines is 1. The number of piperidine rings is 1. The Morgan fingerprint density at radius 3 is 2.58 bits per heavy atom. The second kappa shape index (κ2) is 8.05. The van der Waals surface area contributed by atoms with Crippen LogP contribution in [0.15, 0.2) is 71.5 Å². The van der Waals surface area contributed by atoms with Crippen LogP contribution in [0, 0.1) is 0 Å². The number of para-hydroxylation sites is 2. The molecule has 1 fully saturated rings. The van der Waals surface area contributed by atoms with Crippen LogP contribution in [0.2, 0.25) is 0 Å². The highest BCUT2D eigenvalue weighted by Crippen LogP contribution is 2.37. The summed E-state index contributed by atoms with van der Waals surface area (Å²) in [5, 5.41) is 3.08. The molecule has 1 aliphatic carbocycles. The largest absolute Gasteiger partial charge is 0.326 e. The van der Waals surface area contributed by atoms with Crippen molar-refractivity contribution in [1.29, 1.82) is 0 Å². The summed E-state index contributed by atoms with van der Waals surface area (Å²) < 4.78 is 1.88. The van der Waals surface area contributed by atoms with Crippen LogP contribution in [0.25, 0.3) is 22.2 Å². The minimum absolute atomic E-state index is 0.00757. The molecular formula is C27H26N4O2. The summed E-state index contributed by atoms with van der Waals surface area (Å²) in [6.07, 6.45) is 2.62. The molecule has 2 N–H and O–H groups in total. The van der Waals surface area contributed by atoms with Crippen LogP contribution in [0.1, 0.15) is 30.0 Å². The molecule has 0 radical (unpaired) electrons. The first-order valence-electron chi connectivity index (χ1n) is 11.6. The molecule has 4 aromatic rings. The van der Waals surface area contributed by atoms with E-state index in [9.17, 15) is 9.59 Å². The van der Waals surface area contributed by atoms with Gasteiger partial charge in [-0.25, -0.2) is 4.79 Å². The number of benzene rings is 3. The first-order chi connectivity index (χ1) is 16.2. The van der Waals surface area contributed by atoms with Crippen molar-refractivity contribution in [2.24, 2.45) is 0 Å². The summed E-state index contributed by atoms with van der Waals surface area (Å²) in [5.74, 6) is 0.00757. The molecule has 0 unspecified atom stereocenters. The van der Waals surface area contributed by atoms with Gasteiger partial charge in [-0.2, -0.15) is 0 Å². The molecule has 0 spiro atoms. The zero-order valence-corrected chi connectivity index (χ0v) is 18.4. The Bertz CT molecular complexity index is 1410. The standard InChI is InChI=1S/C27H26N4O2/c32-26(28-20-9-10-23-19(16-20)15-18-5-1-2-6-22(18)23)17-30-13-11-21(12-14-30)31-25-8-4-3-7-24(25)29-27(31)33/h1-10,16,21H,11-15,17H2,(H,28,32)(H,29,33). The van der Waals surface area contributed by atoms with E-state index in [2.05, 4.69) is 51.6 Å². The minimum Gasteiger partial charge on any atom is -0.325 e. The second-order valence-corrected chi connectivity index (χ2v) is 9.08. The lowest BCUT2D eigenvalue weighted by Gasteiger charge is -2.32. The van der Waals surface area contributed by atoms with Crippen molar-refractivity contribution in [3.05, 3.63) is 88.3 Å². The van der Waals surface area contributed by atoms with Gasteiger partial charge in [-0.3, -0.25) is 14.3 Å². The molecule has 2 aliphatic rings. The van der Waals surface area contributed by atoms with E-state index in [1.165, 1.54) is 22.3 Å². The van der Waals surface area contributed by atoms with Gasteiger partial charge in [0.25, 0.3) is 0 Å². The van der Waals surface area contributed by atoms with E-state index < -0.39 is 0 Å². The van der Waals surface area contributed by atoms with E-state index in [4.69, 9.17) is 0 Å². The van der Waals surface area contributed by atoms with E-state index in [0.29, 0.717) is 6.54 Å². The molecule has 166 valence electrons. The van der Waals surface area contributed by atoms with Gasteiger partial charge in [-0.1, -0.05) is 42.5 Å². The highest BCUT2D eigenvalue weighted by molar-refractivity contribution is 5.93. The Kier molecular flexibility index (Phi) is 4.88. The van der Waals surface area contributed by atoms with Crippen molar-refractivity contribution >= 4 is 22.6 Å². The van der Waals surface area contributed by atoms with Gasteiger partial charge >= 0.3 is 5.69 Å². The first kappa shape index (κ1) is 20.0. The molecular weight excluding hydrogens is 412 g/mol. The molecule has 2 heterocycles. The first-order valence-corrected chi connectivity index (χ1v) is 11.6. The molecule has 6 heteroatoms. The number of hydrogen-bond donors (Lipinski definition) is 2. The van der Waals surface area contributed by atoms with Crippen molar-refractivity contribution in [3.63, 3.8) is 0 Å². The summed E-state index contributed by atoms with van der Waals surface area (Å²) in [6.45, 7) is 1.96. The number of amides is 1. The van der Waals surface area contributed by atoms with Crippen molar-refractivity contribution in [1.82, 2.24) is 14.5 Å². The SMILES string of the molecule is O=C(CN1CCC(n2c(=O)[nH]c3ccccc32)CC1)Nc1ccc2c(c1)Cc1ccccc1-2. The van der Waals surface area contributed by atoms with Gasteiger partial charge in [-0.15, -0.1) is 0 Å². The Labute approximate surface area is 191 Å². The van der Waals surface area contributed by atoms with Gasteiger partial charge in [0.1, 0.15) is 0 Å². The maximum absolute atomic E-state index is 12.7. The normalized spacial score (nSPS) is 16.0. The summed E-state index contributed by atoms with van der Waals surface area (Å²) in [7, 11) is 0. The van der Waals surface area contributed by atoms with Gasteiger partial charge in [0.2, 0.25) is 5.91 Å². The van der Waals surface area contributed by atoms with Crippen molar-refractivity contribution in [3.8, 4) is 11.1 Å². The van der Waals surface area contributed by atoms with Crippen LogP contribution in [-0.4, -0.2) is 40.0 Å². The van der Waals surface area contributed by atoms with Gasteiger partial charge in [-0.05, 0) is 65.8 Å². The van der Waals surface area contributed by atoms with Gasteiger partial charge in [0, 0.05) is 24.8 Å². The fourth-order valence-corrected chi connectivity index (χ4v) is 5.40. The predicted molar refractivity (Wildman–Crippen MR) is 131 cm³/mol. The third-order valence-electron chi connectivity index (χ3n) is 6.99. The smallest absolute Gasteiger partial charge is 0.325 e. The van der Waals surface area contributed by atoms with Gasteiger partial charge in [0.15, 0.2) is 0 Å². The zero-order chi connectivity index (χ0) is 22.4. The molecule has 1 amide bonds. The average molecular weight is 439 g/mol. The van der Waals surface area contributed by atoms with Crippen LogP contribution in [0.4, 0.5) is 5.69 Å². The summed E-state index contributed by atoms with van der Waals surface area (Å²) in [4.78, 5) is 30.3. The lowest BCUT2D eigenvalue weighted by atomic mass is 10.0. The second-order valence-electron chi connectivity index (χ2n) is 9.08. The molecule has 0 bridgehead atoms. The van der Waals surface area contributed by atoms with E-state index in [-0.39, 0.29) is 17.6 Å². The number of rotatable bonds is 4. The van der Waals surface area contributed by atoms with Crippen molar-refractivity contribution in [2.75, 3.05) is 25.0 Å². The summed E-state index contributed by atoms with van der Waals surface area (Å²) in [5.41, 5.74) is 7.80. The number of carbonyl (C=O) groups is 1. The number of hydrogen-bond acceptors (Lipinski definition) is 3. The number of aromatic nitrogens is 2. The predicted octanol–water partition coefficient (Wildman–Crippen LogP) is 4.18. The third kappa shape index (κ3) is 3.66. The molecule has 33 heavy (non-hydrogen) atoms. The van der Waals surface area contributed by atoms with Crippen molar-refractivity contribution < 1.29 is 4.79 Å². The molecule has 1 aliphatic heterocycles. The minimum atomic E-state index is -0.0499. The number of carbonyl (C=O) groups excluding carboxylic acids is 1. The fourth-order valence-electron chi connectivity index (χ4n) is 5.40. The summed E-state index contributed by atoms with van der Waals surface area (Å²) in [6, 6.07) is 22.7. The van der Waals surface area contributed by atoms with E-state index in [1.807, 2.05) is 34.9 Å². The molecule has 0 saturated carbocycles. The number of nitrogens with zero attached hydrogens (tertiary/aromatic N) is 2. The maximum Gasteiger partial charge on any atom is 0.326 e. The number of nitrogens with one attached hydrogen (secondary N) is 2. The third-order valence-corrected chi connectivity index (χ3v) is 6.99. The number of likely N-dealkylation sites (tertiary alicyclic amines) is 1. The zero-order valence-electron chi connectivity index (χ0n) is 18.4.